The summed E-state index contributed by atoms with van der Waals surface area (Å²) in [6.07, 6.45) is -0.848. The molecule has 20 heavy (non-hydrogen) atoms. The molecule has 1 aromatic carbocycles. The summed E-state index contributed by atoms with van der Waals surface area (Å²) >= 11 is 0. The number of Topliss-reactive ketones (excluding diaryl/α,β-unsaturated/α-hetero) is 1. The summed E-state index contributed by atoms with van der Waals surface area (Å²) in [5.74, 6) is -0.353. The van der Waals surface area contributed by atoms with Crippen molar-refractivity contribution in [3.05, 3.63) is 35.4 Å². The Kier molecular flexibility index (Phi) is 4.48. The smallest absolute Gasteiger partial charge is 0.330 e. The lowest BCUT2D eigenvalue weighted by Crippen LogP contribution is -2.32. The molecule has 1 aliphatic rings. The van der Waals surface area contributed by atoms with E-state index in [1.165, 1.54) is 12.1 Å². The van der Waals surface area contributed by atoms with Gasteiger partial charge in [-0.3, -0.25) is 4.79 Å². The number of rotatable bonds is 3. The van der Waals surface area contributed by atoms with Gasteiger partial charge in [0.1, 0.15) is 0 Å². The standard InChI is InChI=1S/C15H18F3NO/c16-15(17,18)12-6-3-5-10(8-12)14(20)13-7-2-1-4-11(13)9-19/h3,5-6,8,11,13H,1-2,4,7,9,19H2. The van der Waals surface area contributed by atoms with Crippen molar-refractivity contribution in [1.29, 1.82) is 0 Å². The van der Waals surface area contributed by atoms with Crippen LogP contribution in [-0.4, -0.2) is 12.3 Å². The van der Waals surface area contributed by atoms with Gasteiger partial charge in [0.2, 0.25) is 0 Å². The molecule has 2 atom stereocenters. The normalized spacial score (nSPS) is 23.6. The number of benzene rings is 1. The van der Waals surface area contributed by atoms with Gasteiger partial charge >= 0.3 is 6.18 Å². The third-order valence-corrected chi connectivity index (χ3v) is 4.02. The van der Waals surface area contributed by atoms with Crippen molar-refractivity contribution in [2.24, 2.45) is 17.6 Å². The van der Waals surface area contributed by atoms with Crippen LogP contribution in [0.2, 0.25) is 0 Å². The minimum absolute atomic E-state index is 0.0887. The van der Waals surface area contributed by atoms with Crippen LogP contribution in [0.4, 0.5) is 13.2 Å². The maximum atomic E-state index is 12.7. The Balaban J connectivity index is 2.24. The Hall–Kier alpha value is -1.36. The fourth-order valence-electron chi connectivity index (χ4n) is 2.90. The Morgan fingerprint density at radius 2 is 1.95 bits per heavy atom. The van der Waals surface area contributed by atoms with Crippen LogP contribution in [0.1, 0.15) is 41.6 Å². The lowest BCUT2D eigenvalue weighted by molar-refractivity contribution is -0.137. The third-order valence-electron chi connectivity index (χ3n) is 4.02. The zero-order chi connectivity index (χ0) is 14.8. The predicted molar refractivity (Wildman–Crippen MR) is 70.3 cm³/mol. The molecule has 110 valence electrons. The third kappa shape index (κ3) is 3.20. The van der Waals surface area contributed by atoms with Crippen LogP contribution < -0.4 is 5.73 Å². The first-order valence-electron chi connectivity index (χ1n) is 6.85. The molecular formula is C15H18F3NO. The molecule has 0 radical (unpaired) electrons. The van der Waals surface area contributed by atoms with Crippen molar-refractivity contribution in [2.75, 3.05) is 6.54 Å². The van der Waals surface area contributed by atoms with E-state index in [9.17, 15) is 18.0 Å². The quantitative estimate of drug-likeness (QED) is 0.861. The van der Waals surface area contributed by atoms with E-state index >= 15 is 0 Å². The summed E-state index contributed by atoms with van der Waals surface area (Å²) in [4.78, 5) is 12.4. The Labute approximate surface area is 116 Å². The van der Waals surface area contributed by atoms with Crippen molar-refractivity contribution in [1.82, 2.24) is 0 Å². The molecule has 0 aliphatic heterocycles. The first kappa shape index (κ1) is 15.0. The van der Waals surface area contributed by atoms with E-state index in [1.54, 1.807) is 0 Å². The van der Waals surface area contributed by atoms with Crippen molar-refractivity contribution in [3.8, 4) is 0 Å². The summed E-state index contributed by atoms with van der Waals surface area (Å²) in [6.45, 7) is 0.412. The molecule has 2 unspecified atom stereocenters. The summed E-state index contributed by atoms with van der Waals surface area (Å²) in [5, 5.41) is 0. The molecule has 2 rings (SSSR count). The Bertz CT molecular complexity index is 484. The molecule has 0 heterocycles. The maximum Gasteiger partial charge on any atom is 0.416 e. The highest BCUT2D eigenvalue weighted by atomic mass is 19.4. The first-order chi connectivity index (χ1) is 9.43. The molecule has 2 N–H and O–H groups in total. The fourth-order valence-corrected chi connectivity index (χ4v) is 2.90. The SMILES string of the molecule is NCC1CCCCC1C(=O)c1cccc(C(F)(F)F)c1. The highest BCUT2D eigenvalue weighted by Gasteiger charge is 2.33. The molecule has 0 aromatic heterocycles. The van der Waals surface area contributed by atoms with Crippen LogP contribution in [0.25, 0.3) is 0 Å². The molecule has 1 aliphatic carbocycles. The number of carbonyl (C=O) groups is 1. The fraction of sp³-hybridized carbons (Fsp3) is 0.533. The van der Waals surface area contributed by atoms with Crippen LogP contribution in [0.3, 0.4) is 0 Å². The van der Waals surface area contributed by atoms with E-state index < -0.39 is 11.7 Å². The number of alkyl halides is 3. The molecule has 0 spiro atoms. The number of nitrogens with two attached hydrogens (primary N) is 1. The monoisotopic (exact) mass is 285 g/mol. The highest BCUT2D eigenvalue weighted by Crippen LogP contribution is 2.34. The minimum atomic E-state index is -4.42. The lowest BCUT2D eigenvalue weighted by Gasteiger charge is -2.29. The Morgan fingerprint density at radius 1 is 1.25 bits per heavy atom. The molecule has 0 bridgehead atoms. The van der Waals surface area contributed by atoms with Crippen LogP contribution >= 0.6 is 0 Å². The number of carbonyl (C=O) groups excluding carboxylic acids is 1. The minimum Gasteiger partial charge on any atom is -0.330 e. The zero-order valence-corrected chi connectivity index (χ0v) is 11.1. The van der Waals surface area contributed by atoms with Crippen LogP contribution in [-0.2, 0) is 6.18 Å². The van der Waals surface area contributed by atoms with Gasteiger partial charge in [-0.1, -0.05) is 25.0 Å². The van der Waals surface area contributed by atoms with E-state index in [1.807, 2.05) is 0 Å². The molecule has 1 aromatic rings. The van der Waals surface area contributed by atoms with Crippen molar-refractivity contribution >= 4 is 5.78 Å². The maximum absolute atomic E-state index is 12.7. The number of ketones is 1. The molecule has 2 nitrogen and oxygen atoms in total. The van der Waals surface area contributed by atoms with Gasteiger partial charge < -0.3 is 5.73 Å². The molecule has 0 saturated heterocycles. The largest absolute Gasteiger partial charge is 0.416 e. The summed E-state index contributed by atoms with van der Waals surface area (Å²) in [5.41, 5.74) is 5.05. The second-order valence-corrected chi connectivity index (χ2v) is 5.33. The van der Waals surface area contributed by atoms with Crippen LogP contribution in [0.5, 0.6) is 0 Å². The molecule has 1 saturated carbocycles. The Morgan fingerprint density at radius 3 is 2.60 bits per heavy atom. The average Bonchev–Trinajstić information content (AvgIpc) is 2.45. The molecule has 5 heteroatoms. The van der Waals surface area contributed by atoms with Crippen molar-refractivity contribution in [3.63, 3.8) is 0 Å². The summed E-state index contributed by atoms with van der Waals surface area (Å²) < 4.78 is 38.1. The summed E-state index contributed by atoms with van der Waals surface area (Å²) in [7, 11) is 0. The van der Waals surface area contributed by atoms with Crippen molar-refractivity contribution < 1.29 is 18.0 Å². The van der Waals surface area contributed by atoms with Gasteiger partial charge in [-0.25, -0.2) is 0 Å². The van der Waals surface area contributed by atoms with Gasteiger partial charge in [0.15, 0.2) is 5.78 Å². The topological polar surface area (TPSA) is 43.1 Å². The molecule has 1 fully saturated rings. The predicted octanol–water partition coefficient (Wildman–Crippen LogP) is 3.65. The van der Waals surface area contributed by atoms with Gasteiger partial charge in [0, 0.05) is 11.5 Å². The van der Waals surface area contributed by atoms with E-state index in [0.717, 1.165) is 37.8 Å². The van der Waals surface area contributed by atoms with Gasteiger partial charge in [-0.2, -0.15) is 13.2 Å². The van der Waals surface area contributed by atoms with Crippen LogP contribution in [0, 0.1) is 11.8 Å². The van der Waals surface area contributed by atoms with Gasteiger partial charge in [-0.05, 0) is 37.4 Å². The lowest BCUT2D eigenvalue weighted by atomic mass is 9.75. The van der Waals surface area contributed by atoms with Gasteiger partial charge in [0.05, 0.1) is 5.56 Å². The van der Waals surface area contributed by atoms with Gasteiger partial charge in [0.25, 0.3) is 0 Å². The van der Waals surface area contributed by atoms with Crippen molar-refractivity contribution in [2.45, 2.75) is 31.9 Å². The highest BCUT2D eigenvalue weighted by molar-refractivity contribution is 5.98. The van der Waals surface area contributed by atoms with E-state index in [-0.39, 0.29) is 23.2 Å². The number of hydrogen-bond acceptors (Lipinski definition) is 2. The van der Waals surface area contributed by atoms with E-state index in [2.05, 4.69) is 0 Å². The number of halogens is 3. The summed E-state index contributed by atoms with van der Waals surface area (Å²) in [6, 6.07) is 4.68. The van der Waals surface area contributed by atoms with E-state index in [4.69, 9.17) is 5.73 Å². The zero-order valence-electron chi connectivity index (χ0n) is 11.1. The van der Waals surface area contributed by atoms with Gasteiger partial charge in [-0.15, -0.1) is 0 Å². The molecular weight excluding hydrogens is 267 g/mol. The van der Waals surface area contributed by atoms with E-state index in [0.29, 0.717) is 6.54 Å². The second-order valence-electron chi connectivity index (χ2n) is 5.33. The second kappa shape index (κ2) is 5.95. The first-order valence-corrected chi connectivity index (χ1v) is 6.85. The average molecular weight is 285 g/mol. The van der Waals surface area contributed by atoms with Crippen LogP contribution in [0.15, 0.2) is 24.3 Å². The number of hydrogen-bond donors (Lipinski definition) is 1. The molecule has 0 amide bonds.